The van der Waals surface area contributed by atoms with Gasteiger partial charge in [-0.05, 0) is 82.9 Å². The number of hydrogen-bond acceptors (Lipinski definition) is 5. The van der Waals surface area contributed by atoms with Crippen molar-refractivity contribution in [1.82, 2.24) is 20.1 Å². The molecular weight excluding hydrogens is 524 g/mol. The van der Waals surface area contributed by atoms with Crippen LogP contribution in [-0.2, 0) is 12.8 Å². The van der Waals surface area contributed by atoms with Crippen molar-refractivity contribution in [2.45, 2.75) is 75.8 Å². The van der Waals surface area contributed by atoms with Crippen molar-refractivity contribution in [2.75, 3.05) is 19.6 Å². The fourth-order valence-corrected chi connectivity index (χ4v) is 6.78. The molecule has 2 aliphatic carbocycles. The second-order valence-electron chi connectivity index (χ2n) is 10.2. The largest absolute Gasteiger partial charge is 0.365 e. The van der Waals surface area contributed by atoms with Crippen molar-refractivity contribution in [1.29, 1.82) is 0 Å². The van der Waals surface area contributed by atoms with E-state index < -0.39 is 6.35 Å². The number of piperazine rings is 1. The van der Waals surface area contributed by atoms with Gasteiger partial charge < -0.3 is 5.11 Å². The number of fused-ring (bicyclic) bond motifs is 2. The molecule has 1 aliphatic heterocycles. The molecule has 35 heavy (non-hydrogen) atoms. The summed E-state index contributed by atoms with van der Waals surface area (Å²) in [5.41, 5.74) is 5.03. The fraction of sp³-hybridized carbons (Fsp3) is 0.536. The Kier molecular flexibility index (Phi) is 8.27. The third-order valence-electron chi connectivity index (χ3n) is 7.96. The predicted octanol–water partition coefficient (Wildman–Crippen LogP) is 5.45. The number of aromatic nitrogens is 1. The average molecular weight is 560 g/mol. The van der Waals surface area contributed by atoms with Crippen LogP contribution in [0, 0.1) is 0 Å². The summed E-state index contributed by atoms with van der Waals surface area (Å²) in [7, 11) is 0. The van der Waals surface area contributed by atoms with E-state index >= 15 is 0 Å². The van der Waals surface area contributed by atoms with Gasteiger partial charge in [0.15, 0.2) is 6.35 Å². The fourth-order valence-electron chi connectivity index (χ4n) is 6.21. The lowest BCUT2D eigenvalue weighted by molar-refractivity contribution is -0.0875. The second kappa shape index (κ2) is 11.4. The zero-order chi connectivity index (χ0) is 24.4. The van der Waals surface area contributed by atoms with Gasteiger partial charge in [0.1, 0.15) is 0 Å². The Balaban J connectivity index is 1.42. The number of pyridine rings is 1. The molecule has 3 aliphatic rings. The van der Waals surface area contributed by atoms with Gasteiger partial charge in [-0.25, -0.2) is 0 Å². The standard InChI is InChI=1S/C28H36BrClN4O/c1-2-6-24-18-33(13-14-34(24)28(35)32-23-7-4-3-5-8-23)27-25-12-11-22(30)16-19(25)9-10-20-15-21(29)17-31-26(20)27/h2,11-12,15-17,23-24,27-28,32,35H,1,3-10,13-14,18H2. The minimum absolute atomic E-state index is 0.0748. The number of aliphatic hydroxyl groups excluding tert-OH is 1. The SMILES string of the molecule is C=CCC1CN(C2c3ccc(Cl)cc3CCc3cc(Br)cnc32)CCN1C(O)NC1CCCCC1. The number of halogens is 2. The first-order valence-electron chi connectivity index (χ1n) is 13.0. The zero-order valence-corrected chi connectivity index (χ0v) is 22.6. The van der Waals surface area contributed by atoms with Crippen LogP contribution in [0.4, 0.5) is 0 Å². The Labute approximate surface area is 222 Å². The van der Waals surface area contributed by atoms with Crippen molar-refractivity contribution in [3.05, 3.63) is 75.0 Å². The number of nitrogens with one attached hydrogen (secondary N) is 1. The first kappa shape index (κ1) is 25.4. The highest BCUT2D eigenvalue weighted by Crippen LogP contribution is 2.38. The van der Waals surface area contributed by atoms with Crippen LogP contribution in [0.25, 0.3) is 0 Å². The van der Waals surface area contributed by atoms with Crippen LogP contribution < -0.4 is 5.32 Å². The second-order valence-corrected chi connectivity index (χ2v) is 11.6. The highest BCUT2D eigenvalue weighted by molar-refractivity contribution is 9.10. The van der Waals surface area contributed by atoms with E-state index in [1.807, 2.05) is 18.3 Å². The predicted molar refractivity (Wildman–Crippen MR) is 146 cm³/mol. The minimum Gasteiger partial charge on any atom is -0.365 e. The molecule has 5 rings (SSSR count). The van der Waals surface area contributed by atoms with Crippen LogP contribution in [0.1, 0.15) is 67.0 Å². The van der Waals surface area contributed by atoms with Gasteiger partial charge in [-0.15, -0.1) is 6.58 Å². The van der Waals surface area contributed by atoms with Gasteiger partial charge in [-0.1, -0.05) is 43.0 Å². The first-order chi connectivity index (χ1) is 17.0. The topological polar surface area (TPSA) is 51.6 Å². The number of rotatable bonds is 6. The van der Waals surface area contributed by atoms with Crippen molar-refractivity contribution in [3.8, 4) is 0 Å². The Morgan fingerprint density at radius 2 is 1.97 bits per heavy atom. The number of nitrogens with zero attached hydrogens (tertiary/aromatic N) is 3. The molecule has 2 fully saturated rings. The van der Waals surface area contributed by atoms with Crippen molar-refractivity contribution in [3.63, 3.8) is 0 Å². The molecule has 7 heteroatoms. The molecule has 1 saturated heterocycles. The van der Waals surface area contributed by atoms with Crippen molar-refractivity contribution >= 4 is 27.5 Å². The third-order valence-corrected chi connectivity index (χ3v) is 8.63. The van der Waals surface area contributed by atoms with Gasteiger partial charge >= 0.3 is 0 Å². The smallest absolute Gasteiger partial charge is 0.163 e. The lowest BCUT2D eigenvalue weighted by Gasteiger charge is -2.46. The molecule has 1 aromatic heterocycles. The molecule has 0 radical (unpaired) electrons. The molecule has 3 atom stereocenters. The zero-order valence-electron chi connectivity index (χ0n) is 20.3. The Morgan fingerprint density at radius 3 is 2.77 bits per heavy atom. The molecule has 2 N–H and O–H groups in total. The normalized spacial score (nSPS) is 24.9. The number of benzene rings is 1. The van der Waals surface area contributed by atoms with E-state index in [2.05, 4.69) is 55.8 Å². The van der Waals surface area contributed by atoms with Crippen LogP contribution in [0.2, 0.25) is 5.02 Å². The van der Waals surface area contributed by atoms with Crippen LogP contribution in [0.15, 0.2) is 47.6 Å². The van der Waals surface area contributed by atoms with Crippen molar-refractivity contribution < 1.29 is 5.11 Å². The Morgan fingerprint density at radius 1 is 1.17 bits per heavy atom. The number of hydrogen-bond donors (Lipinski definition) is 2. The van der Waals surface area contributed by atoms with Gasteiger partial charge in [0.2, 0.25) is 0 Å². The number of aliphatic hydroxyl groups is 1. The van der Waals surface area contributed by atoms with E-state index in [0.717, 1.165) is 66.9 Å². The van der Waals surface area contributed by atoms with E-state index in [1.54, 1.807) is 0 Å². The molecule has 2 aromatic rings. The molecule has 1 saturated carbocycles. The first-order valence-corrected chi connectivity index (χ1v) is 14.2. The van der Waals surface area contributed by atoms with Crippen LogP contribution >= 0.6 is 27.5 Å². The summed E-state index contributed by atoms with van der Waals surface area (Å²) < 4.78 is 1.02. The summed E-state index contributed by atoms with van der Waals surface area (Å²) in [4.78, 5) is 9.73. The van der Waals surface area contributed by atoms with Gasteiger partial charge in [0.25, 0.3) is 0 Å². The molecule has 188 valence electrons. The molecule has 0 spiro atoms. The minimum atomic E-state index is -0.619. The highest BCUT2D eigenvalue weighted by Gasteiger charge is 2.37. The maximum atomic E-state index is 11.2. The van der Waals surface area contributed by atoms with Gasteiger partial charge in [0.05, 0.1) is 11.7 Å². The average Bonchev–Trinajstić information content (AvgIpc) is 3.01. The van der Waals surface area contributed by atoms with Gasteiger partial charge in [-0.3, -0.25) is 20.1 Å². The van der Waals surface area contributed by atoms with E-state index in [0.29, 0.717) is 6.04 Å². The van der Waals surface area contributed by atoms with Crippen LogP contribution in [0.3, 0.4) is 0 Å². The summed E-state index contributed by atoms with van der Waals surface area (Å²) in [5, 5.41) is 15.5. The molecule has 0 bridgehead atoms. The lowest BCUT2D eigenvalue weighted by atomic mass is 9.94. The van der Waals surface area contributed by atoms with Gasteiger partial charge in [-0.2, -0.15) is 0 Å². The molecule has 5 nitrogen and oxygen atoms in total. The monoisotopic (exact) mass is 558 g/mol. The Bertz CT molecular complexity index is 990. The van der Waals surface area contributed by atoms with Crippen LogP contribution in [-0.4, -0.2) is 58.0 Å². The maximum absolute atomic E-state index is 11.2. The summed E-state index contributed by atoms with van der Waals surface area (Å²) in [5.74, 6) is 0. The number of aryl methyl sites for hydroxylation is 2. The van der Waals surface area contributed by atoms with Gasteiger partial charge in [0, 0.05) is 47.4 Å². The van der Waals surface area contributed by atoms with Crippen molar-refractivity contribution in [2.24, 2.45) is 0 Å². The summed E-state index contributed by atoms with van der Waals surface area (Å²) in [6, 6.07) is 9.21. The van der Waals surface area contributed by atoms with Crippen LogP contribution in [0.5, 0.6) is 0 Å². The molecule has 0 amide bonds. The van der Waals surface area contributed by atoms with E-state index in [9.17, 15) is 5.11 Å². The lowest BCUT2D eigenvalue weighted by Crippen LogP contribution is -2.61. The summed E-state index contributed by atoms with van der Waals surface area (Å²) in [6.07, 6.45) is 12.2. The summed E-state index contributed by atoms with van der Waals surface area (Å²) in [6.45, 7) is 6.53. The Hall–Kier alpha value is -1.28. The highest BCUT2D eigenvalue weighted by atomic mass is 79.9. The quantitative estimate of drug-likeness (QED) is 0.364. The van der Waals surface area contributed by atoms with E-state index in [1.165, 1.54) is 36.0 Å². The van der Waals surface area contributed by atoms with E-state index in [-0.39, 0.29) is 12.1 Å². The maximum Gasteiger partial charge on any atom is 0.163 e. The molecular formula is C28H36BrClN4O. The third kappa shape index (κ3) is 5.68. The molecule has 3 unspecified atom stereocenters. The van der Waals surface area contributed by atoms with E-state index in [4.69, 9.17) is 16.6 Å². The molecule has 2 heterocycles. The molecule has 1 aromatic carbocycles. The summed E-state index contributed by atoms with van der Waals surface area (Å²) >= 11 is 10.0.